The van der Waals surface area contributed by atoms with E-state index in [9.17, 15) is 4.21 Å². The van der Waals surface area contributed by atoms with E-state index in [1.165, 1.54) is 0 Å². The number of rotatable bonds is 14. The largest absolute Gasteiger partial charge is 0.504 e. The molecule has 0 radical (unpaired) electrons. The maximum absolute atomic E-state index is 12.8. The third kappa shape index (κ3) is 5.68. The lowest BCUT2D eigenvalue weighted by atomic mass is 10.4. The molecule has 0 spiro atoms. The topological polar surface area (TPSA) is 72.5 Å². The Morgan fingerprint density at radius 3 is 1.08 bits per heavy atom. The molecule has 0 aromatic rings. The van der Waals surface area contributed by atoms with E-state index in [-0.39, 0.29) is 11.1 Å². The van der Waals surface area contributed by atoms with E-state index < -0.39 is 28.4 Å². The summed E-state index contributed by atoms with van der Waals surface area (Å²) in [6, 6.07) is 0. The predicted molar refractivity (Wildman–Crippen MR) is 99.5 cm³/mol. The van der Waals surface area contributed by atoms with Crippen LogP contribution in [0.4, 0.5) is 0 Å². The molecule has 0 aromatic carbocycles. The highest BCUT2D eigenvalue weighted by Crippen LogP contribution is 2.32. The zero-order valence-corrected chi connectivity index (χ0v) is 19.1. The van der Waals surface area contributed by atoms with Gasteiger partial charge in [0.15, 0.2) is 0 Å². The summed E-state index contributed by atoms with van der Waals surface area (Å²) in [6.07, 6.45) is 1.54. The van der Waals surface area contributed by atoms with E-state index >= 15 is 0 Å². The predicted octanol–water partition coefficient (Wildman–Crippen LogP) is 2.05. The van der Waals surface area contributed by atoms with Crippen molar-refractivity contribution in [2.45, 2.75) is 37.8 Å². The third-order valence-corrected chi connectivity index (χ3v) is 13.2. The van der Waals surface area contributed by atoms with Crippen molar-refractivity contribution < 1.29 is 30.8 Å². The lowest BCUT2D eigenvalue weighted by molar-refractivity contribution is 0.112. The normalized spacial score (nSPS) is 16.8. The average molecular weight is 403 g/mol. The summed E-state index contributed by atoms with van der Waals surface area (Å²) in [6.45, 7) is 4.05. The molecular formula is C14H34O7SSi2. The molecule has 10 heteroatoms. The quantitative estimate of drug-likeness (QED) is 0.412. The first-order valence-electron chi connectivity index (χ1n) is 8.04. The van der Waals surface area contributed by atoms with Crippen LogP contribution in [-0.2, 0) is 37.4 Å². The van der Waals surface area contributed by atoms with E-state index in [2.05, 4.69) is 0 Å². The fourth-order valence-corrected chi connectivity index (χ4v) is 11.2. The Hall–Kier alpha value is 0.344. The fraction of sp³-hybridized carbons (Fsp3) is 1.00. The van der Waals surface area contributed by atoms with Crippen LogP contribution in [0.2, 0.25) is 11.1 Å². The van der Waals surface area contributed by atoms with Crippen LogP contribution in [0, 0.1) is 0 Å². The highest BCUT2D eigenvalue weighted by molar-refractivity contribution is 7.85. The lowest BCUT2D eigenvalue weighted by Crippen LogP contribution is -2.51. The molecule has 2 unspecified atom stereocenters. The van der Waals surface area contributed by atoms with Crippen molar-refractivity contribution in [1.29, 1.82) is 0 Å². The minimum atomic E-state index is -2.82. The van der Waals surface area contributed by atoms with E-state index in [0.29, 0.717) is 11.5 Å². The Morgan fingerprint density at radius 2 is 0.917 bits per heavy atom. The Bertz CT molecular complexity index is 317. The minimum Gasteiger partial charge on any atom is -0.377 e. The summed E-state index contributed by atoms with van der Waals surface area (Å²) in [7, 11) is 2.76. The maximum Gasteiger partial charge on any atom is 0.504 e. The first-order valence-corrected chi connectivity index (χ1v) is 13.1. The molecule has 7 nitrogen and oxygen atoms in total. The molecule has 0 fully saturated rings. The molecule has 0 aliphatic carbocycles. The smallest absolute Gasteiger partial charge is 0.377 e. The van der Waals surface area contributed by atoms with E-state index in [1.54, 1.807) is 42.7 Å². The van der Waals surface area contributed by atoms with Crippen LogP contribution < -0.4 is 0 Å². The first-order chi connectivity index (χ1) is 11.4. The molecule has 2 atom stereocenters. The van der Waals surface area contributed by atoms with E-state index in [1.807, 2.05) is 13.8 Å². The molecule has 0 aliphatic heterocycles. The van der Waals surface area contributed by atoms with Gasteiger partial charge in [-0.15, -0.1) is 0 Å². The van der Waals surface area contributed by atoms with Gasteiger partial charge >= 0.3 is 17.6 Å². The Balaban J connectivity index is 5.14. The van der Waals surface area contributed by atoms with Gasteiger partial charge in [-0.1, -0.05) is 13.8 Å². The van der Waals surface area contributed by atoms with Gasteiger partial charge in [-0.05, 0) is 12.8 Å². The summed E-state index contributed by atoms with van der Waals surface area (Å²) in [5.41, 5.74) is -0.0564. The minimum absolute atomic E-state index is 0.0282. The van der Waals surface area contributed by atoms with Gasteiger partial charge in [0.05, 0.1) is 0 Å². The van der Waals surface area contributed by atoms with Crippen LogP contribution in [0.15, 0.2) is 0 Å². The lowest BCUT2D eigenvalue weighted by Gasteiger charge is -2.33. The molecule has 146 valence electrons. The monoisotopic (exact) mass is 402 g/mol. The molecule has 0 saturated heterocycles. The Morgan fingerprint density at radius 1 is 0.667 bits per heavy atom. The van der Waals surface area contributed by atoms with Crippen molar-refractivity contribution in [1.82, 2.24) is 0 Å². The molecule has 0 N–H and O–H groups in total. The molecule has 0 aliphatic rings. The van der Waals surface area contributed by atoms with Gasteiger partial charge < -0.3 is 26.6 Å². The Kier molecular flexibility index (Phi) is 12.0. The van der Waals surface area contributed by atoms with Crippen molar-refractivity contribution in [2.24, 2.45) is 0 Å². The van der Waals surface area contributed by atoms with Crippen molar-refractivity contribution in [3.8, 4) is 0 Å². The van der Waals surface area contributed by atoms with Gasteiger partial charge in [-0.3, -0.25) is 4.21 Å². The van der Waals surface area contributed by atoms with Crippen molar-refractivity contribution in [3.05, 3.63) is 0 Å². The second-order valence-corrected chi connectivity index (χ2v) is 13.5. The summed E-state index contributed by atoms with van der Waals surface area (Å²) in [4.78, 5) is 0. The summed E-state index contributed by atoms with van der Waals surface area (Å²) < 4.78 is 46.1. The molecule has 0 aromatic heterocycles. The molecule has 0 amide bonds. The zero-order chi connectivity index (χ0) is 18.8. The summed E-state index contributed by atoms with van der Waals surface area (Å²) in [5, 5.41) is 0. The molecule has 0 heterocycles. The van der Waals surface area contributed by atoms with Crippen LogP contribution in [-0.4, -0.2) is 76.0 Å². The second kappa shape index (κ2) is 11.9. The standard InChI is InChI=1S/C14H34O7SSi2/c1-9-13(23(16-3,17-4)18-5)11-22(15)12-14(10-2)24(19-6,20-7)21-8/h13-14H,9-12H2,1-8H3. The molecular weight excluding hydrogens is 368 g/mol. The zero-order valence-electron chi connectivity index (χ0n) is 16.2. The molecule has 0 rings (SSSR count). The average Bonchev–Trinajstić information content (AvgIpc) is 2.63. The van der Waals surface area contributed by atoms with Gasteiger partial charge in [-0.2, -0.15) is 0 Å². The van der Waals surface area contributed by atoms with Crippen molar-refractivity contribution in [3.63, 3.8) is 0 Å². The second-order valence-electron chi connectivity index (χ2n) is 5.42. The highest BCUT2D eigenvalue weighted by atomic mass is 32.2. The van der Waals surface area contributed by atoms with Gasteiger partial charge in [-0.25, -0.2) is 0 Å². The van der Waals surface area contributed by atoms with Crippen LogP contribution in [0.1, 0.15) is 26.7 Å². The van der Waals surface area contributed by atoms with Crippen molar-refractivity contribution in [2.75, 3.05) is 54.2 Å². The SMILES string of the molecule is CCC(CS(=O)CC(CC)[Si](OC)(OC)OC)[Si](OC)(OC)OC. The van der Waals surface area contributed by atoms with Crippen LogP contribution in [0.25, 0.3) is 0 Å². The Labute approximate surface area is 151 Å². The molecule has 0 bridgehead atoms. The van der Waals surface area contributed by atoms with Gasteiger partial charge in [0.1, 0.15) is 0 Å². The molecule has 0 saturated carbocycles. The van der Waals surface area contributed by atoms with E-state index in [0.717, 1.165) is 12.8 Å². The summed E-state index contributed by atoms with van der Waals surface area (Å²) in [5.74, 6) is 0.909. The molecule has 24 heavy (non-hydrogen) atoms. The van der Waals surface area contributed by atoms with Crippen LogP contribution in [0.5, 0.6) is 0 Å². The van der Waals surface area contributed by atoms with Crippen LogP contribution >= 0.6 is 0 Å². The van der Waals surface area contributed by atoms with Crippen LogP contribution in [0.3, 0.4) is 0 Å². The third-order valence-electron chi connectivity index (χ3n) is 4.47. The van der Waals surface area contributed by atoms with Gasteiger partial charge in [0.25, 0.3) is 0 Å². The van der Waals surface area contributed by atoms with Gasteiger partial charge in [0, 0.05) is 76.0 Å². The fourth-order valence-electron chi connectivity index (χ4n) is 2.96. The number of hydrogen-bond donors (Lipinski definition) is 0. The summed E-state index contributed by atoms with van der Waals surface area (Å²) >= 11 is 0. The number of hydrogen-bond acceptors (Lipinski definition) is 7. The van der Waals surface area contributed by atoms with Crippen molar-refractivity contribution >= 4 is 28.4 Å². The van der Waals surface area contributed by atoms with E-state index in [4.69, 9.17) is 26.6 Å². The highest BCUT2D eigenvalue weighted by Gasteiger charge is 2.49. The van der Waals surface area contributed by atoms with Gasteiger partial charge in [0.2, 0.25) is 0 Å². The first kappa shape index (κ1) is 24.3. The maximum atomic E-state index is 12.8.